The summed E-state index contributed by atoms with van der Waals surface area (Å²) in [4.78, 5) is 4.77. The van der Waals surface area contributed by atoms with Gasteiger partial charge in [0.15, 0.2) is 0 Å². The molecule has 0 aliphatic heterocycles. The second kappa shape index (κ2) is 9.23. The van der Waals surface area contributed by atoms with Gasteiger partial charge in [-0.2, -0.15) is 0 Å². The van der Waals surface area contributed by atoms with Gasteiger partial charge >= 0.3 is 0 Å². The lowest BCUT2D eigenvalue weighted by Crippen LogP contribution is -2.10. The van der Waals surface area contributed by atoms with E-state index in [-0.39, 0.29) is 0 Å². The minimum Gasteiger partial charge on any atom is -0.494 e. The molecule has 0 saturated heterocycles. The molecule has 0 aliphatic carbocycles. The number of nitrogens with zero attached hydrogens (tertiary/aromatic N) is 2. The summed E-state index contributed by atoms with van der Waals surface area (Å²) >= 11 is 6.22. The number of imidazole rings is 1. The Morgan fingerprint density at radius 3 is 2.43 bits per heavy atom. The summed E-state index contributed by atoms with van der Waals surface area (Å²) < 4.78 is 14.1. The van der Waals surface area contributed by atoms with Gasteiger partial charge in [-0.3, -0.25) is 0 Å². The Labute approximate surface area is 182 Å². The minimum absolute atomic E-state index is 0.357. The highest BCUT2D eigenvalue weighted by molar-refractivity contribution is 6.32. The summed E-state index contributed by atoms with van der Waals surface area (Å²) in [6.45, 7) is 5.97. The van der Waals surface area contributed by atoms with Crippen LogP contribution >= 0.6 is 11.6 Å². The normalized spacial score (nSPS) is 11.0. The second-order valence-electron chi connectivity index (χ2n) is 7.41. The van der Waals surface area contributed by atoms with E-state index in [4.69, 9.17) is 26.1 Å². The monoisotopic (exact) mass is 420 g/mol. The molecule has 0 radical (unpaired) electrons. The fraction of sp³-hybridized carbons (Fsp3) is 0.240. The molecule has 5 heteroatoms. The van der Waals surface area contributed by atoms with Gasteiger partial charge in [-0.25, -0.2) is 4.98 Å². The van der Waals surface area contributed by atoms with Gasteiger partial charge in [-0.15, -0.1) is 0 Å². The molecule has 154 valence electrons. The zero-order chi connectivity index (χ0) is 20.9. The van der Waals surface area contributed by atoms with Crippen LogP contribution in [-0.4, -0.2) is 16.2 Å². The summed E-state index contributed by atoms with van der Waals surface area (Å²) in [5.74, 6) is 2.46. The number of hydrogen-bond acceptors (Lipinski definition) is 3. The van der Waals surface area contributed by atoms with E-state index in [1.165, 1.54) is 11.1 Å². The van der Waals surface area contributed by atoms with E-state index < -0.39 is 0 Å². The Balaban J connectivity index is 1.45. The predicted octanol–water partition coefficient (Wildman–Crippen LogP) is 6.35. The largest absolute Gasteiger partial charge is 0.494 e. The maximum absolute atomic E-state index is 6.22. The molecule has 0 bridgehead atoms. The molecule has 0 aliphatic rings. The Bertz CT molecular complexity index is 1130. The number of aryl methyl sites for hydroxylation is 3. The summed E-state index contributed by atoms with van der Waals surface area (Å²) in [7, 11) is 0. The van der Waals surface area contributed by atoms with Crippen molar-refractivity contribution in [2.24, 2.45) is 0 Å². The van der Waals surface area contributed by atoms with Crippen LogP contribution in [0.4, 0.5) is 0 Å². The van der Waals surface area contributed by atoms with Crippen LogP contribution in [0.25, 0.3) is 11.0 Å². The van der Waals surface area contributed by atoms with Crippen molar-refractivity contribution in [3.63, 3.8) is 0 Å². The van der Waals surface area contributed by atoms with E-state index in [1.54, 1.807) is 0 Å². The van der Waals surface area contributed by atoms with Gasteiger partial charge in [-0.1, -0.05) is 41.9 Å². The van der Waals surface area contributed by atoms with Gasteiger partial charge in [-0.05, 0) is 67.8 Å². The molecule has 0 spiro atoms. The fourth-order valence-corrected chi connectivity index (χ4v) is 3.81. The Kier molecular flexibility index (Phi) is 6.24. The van der Waals surface area contributed by atoms with Crippen molar-refractivity contribution in [3.8, 4) is 11.5 Å². The Hall–Kier alpha value is -2.98. The van der Waals surface area contributed by atoms with Crippen LogP contribution in [0.15, 0.2) is 66.7 Å². The third kappa shape index (κ3) is 4.77. The maximum Gasteiger partial charge on any atom is 0.148 e. The van der Waals surface area contributed by atoms with Gasteiger partial charge in [0.1, 0.15) is 23.9 Å². The second-order valence-corrected chi connectivity index (χ2v) is 7.82. The number of aromatic nitrogens is 2. The number of fused-ring (bicyclic) bond motifs is 1. The molecule has 1 heterocycles. The standard InChI is InChI=1S/C25H25ClN2O2/c1-18-14-19(2)16-20(15-18)29-13-7-12-28-23-10-5-4-9-22(23)27-25(28)17-30-24-11-6-3-8-21(24)26/h3-6,8-11,14-16H,7,12-13,17H2,1-2H3. The van der Waals surface area contributed by atoms with Crippen molar-refractivity contribution in [1.82, 2.24) is 9.55 Å². The predicted molar refractivity (Wildman–Crippen MR) is 122 cm³/mol. The summed E-state index contributed by atoms with van der Waals surface area (Å²) in [5.41, 5.74) is 4.49. The Morgan fingerprint density at radius 1 is 0.900 bits per heavy atom. The molecule has 30 heavy (non-hydrogen) atoms. The molecule has 3 aromatic carbocycles. The summed E-state index contributed by atoms with van der Waals surface area (Å²) in [5, 5.41) is 0.599. The van der Waals surface area contributed by atoms with E-state index in [9.17, 15) is 0 Å². The fourth-order valence-electron chi connectivity index (χ4n) is 3.62. The van der Waals surface area contributed by atoms with Gasteiger partial charge in [0, 0.05) is 6.54 Å². The lowest BCUT2D eigenvalue weighted by molar-refractivity contribution is 0.280. The third-order valence-electron chi connectivity index (χ3n) is 4.92. The number of rotatable bonds is 8. The number of halogens is 1. The highest BCUT2D eigenvalue weighted by Crippen LogP contribution is 2.25. The Morgan fingerprint density at radius 2 is 1.63 bits per heavy atom. The van der Waals surface area contributed by atoms with Crippen LogP contribution in [0.3, 0.4) is 0 Å². The smallest absolute Gasteiger partial charge is 0.148 e. The molecule has 4 nitrogen and oxygen atoms in total. The maximum atomic E-state index is 6.22. The van der Waals surface area contributed by atoms with Crippen molar-refractivity contribution in [3.05, 3.63) is 88.7 Å². The topological polar surface area (TPSA) is 36.3 Å². The van der Waals surface area contributed by atoms with Gasteiger partial charge in [0.25, 0.3) is 0 Å². The van der Waals surface area contributed by atoms with E-state index in [1.807, 2.05) is 42.5 Å². The molecule has 0 N–H and O–H groups in total. The number of para-hydroxylation sites is 3. The summed E-state index contributed by atoms with van der Waals surface area (Å²) in [6, 6.07) is 21.9. The van der Waals surface area contributed by atoms with Crippen molar-refractivity contribution >= 4 is 22.6 Å². The third-order valence-corrected chi connectivity index (χ3v) is 5.23. The summed E-state index contributed by atoms with van der Waals surface area (Å²) in [6.07, 6.45) is 0.867. The molecule has 1 aromatic heterocycles. The molecule has 0 saturated carbocycles. The molecule has 0 unspecified atom stereocenters. The van der Waals surface area contributed by atoms with E-state index in [0.29, 0.717) is 24.0 Å². The molecule has 0 atom stereocenters. The van der Waals surface area contributed by atoms with Crippen LogP contribution in [-0.2, 0) is 13.2 Å². The zero-order valence-electron chi connectivity index (χ0n) is 17.3. The molecular weight excluding hydrogens is 396 g/mol. The average molecular weight is 421 g/mol. The van der Waals surface area contributed by atoms with Crippen molar-refractivity contribution in [2.45, 2.75) is 33.4 Å². The SMILES string of the molecule is Cc1cc(C)cc(OCCCn2c(COc3ccccc3Cl)nc3ccccc32)c1. The van der Waals surface area contributed by atoms with Crippen LogP contribution in [0.5, 0.6) is 11.5 Å². The first-order valence-corrected chi connectivity index (χ1v) is 10.5. The minimum atomic E-state index is 0.357. The molecule has 0 fully saturated rings. The van der Waals surface area contributed by atoms with E-state index in [0.717, 1.165) is 35.6 Å². The lowest BCUT2D eigenvalue weighted by Gasteiger charge is -2.12. The van der Waals surface area contributed by atoms with Crippen molar-refractivity contribution in [2.75, 3.05) is 6.61 Å². The highest BCUT2D eigenvalue weighted by atomic mass is 35.5. The average Bonchev–Trinajstić information content (AvgIpc) is 3.07. The van der Waals surface area contributed by atoms with Crippen LogP contribution in [0.2, 0.25) is 5.02 Å². The number of benzene rings is 3. The quantitative estimate of drug-likeness (QED) is 0.311. The van der Waals surface area contributed by atoms with Crippen LogP contribution < -0.4 is 9.47 Å². The zero-order valence-corrected chi connectivity index (χ0v) is 18.0. The molecule has 4 rings (SSSR count). The molecule has 4 aromatic rings. The van der Waals surface area contributed by atoms with E-state index in [2.05, 4.69) is 42.7 Å². The molecule has 0 amide bonds. The lowest BCUT2D eigenvalue weighted by atomic mass is 10.1. The van der Waals surface area contributed by atoms with Crippen LogP contribution in [0, 0.1) is 13.8 Å². The molecular formula is C25H25ClN2O2. The first-order valence-electron chi connectivity index (χ1n) is 10.1. The van der Waals surface area contributed by atoms with Gasteiger partial charge in [0.2, 0.25) is 0 Å². The van der Waals surface area contributed by atoms with Crippen molar-refractivity contribution in [1.29, 1.82) is 0 Å². The van der Waals surface area contributed by atoms with Crippen LogP contribution in [0.1, 0.15) is 23.4 Å². The number of hydrogen-bond donors (Lipinski definition) is 0. The first-order chi connectivity index (χ1) is 14.6. The van der Waals surface area contributed by atoms with Gasteiger partial charge in [0.05, 0.1) is 22.7 Å². The van der Waals surface area contributed by atoms with E-state index >= 15 is 0 Å². The van der Waals surface area contributed by atoms with Crippen molar-refractivity contribution < 1.29 is 9.47 Å². The number of ether oxygens (including phenoxy) is 2. The highest BCUT2D eigenvalue weighted by Gasteiger charge is 2.12. The first kappa shape index (κ1) is 20.3. The van der Waals surface area contributed by atoms with Gasteiger partial charge < -0.3 is 14.0 Å².